The molecule has 8 nitrogen and oxygen atoms in total. The highest BCUT2D eigenvalue weighted by Gasteiger charge is 2.32. The van der Waals surface area contributed by atoms with Crippen molar-refractivity contribution in [2.75, 3.05) is 56.1 Å². The summed E-state index contributed by atoms with van der Waals surface area (Å²) >= 11 is 6.12. The van der Waals surface area contributed by atoms with Crippen LogP contribution in [0.2, 0.25) is 5.02 Å². The molecule has 0 aromatic heterocycles. The molecule has 1 heterocycles. The normalized spacial score (nSPS) is 13.9. The van der Waals surface area contributed by atoms with E-state index in [2.05, 4.69) is 4.90 Å². The minimum atomic E-state index is -4.06. The zero-order valence-electron chi connectivity index (χ0n) is 20.1. The third kappa shape index (κ3) is 5.52. The maximum atomic E-state index is 13.7. The summed E-state index contributed by atoms with van der Waals surface area (Å²) in [5.74, 6) is 0.502. The molecule has 0 saturated carbocycles. The summed E-state index contributed by atoms with van der Waals surface area (Å²) in [5, 5.41) is 0.654. The number of methoxy groups -OCH3 is 2. The van der Waals surface area contributed by atoms with E-state index in [1.807, 2.05) is 24.3 Å². The first-order chi connectivity index (χ1) is 17.3. The molecule has 0 bridgehead atoms. The Morgan fingerprint density at radius 1 is 0.917 bits per heavy atom. The van der Waals surface area contributed by atoms with Crippen LogP contribution in [0.3, 0.4) is 0 Å². The lowest BCUT2D eigenvalue weighted by Crippen LogP contribution is -2.52. The van der Waals surface area contributed by atoms with E-state index in [9.17, 15) is 13.2 Å². The van der Waals surface area contributed by atoms with Gasteiger partial charge in [0.2, 0.25) is 5.91 Å². The third-order valence-electron chi connectivity index (χ3n) is 6.07. The topological polar surface area (TPSA) is 79.4 Å². The second kappa shape index (κ2) is 11.1. The van der Waals surface area contributed by atoms with Crippen molar-refractivity contribution < 1.29 is 22.7 Å². The number of anilines is 2. The lowest BCUT2D eigenvalue weighted by atomic mass is 10.2. The second-order valence-electron chi connectivity index (χ2n) is 8.21. The molecule has 1 saturated heterocycles. The molecule has 0 atom stereocenters. The van der Waals surface area contributed by atoms with Crippen molar-refractivity contribution >= 4 is 38.9 Å². The van der Waals surface area contributed by atoms with Crippen molar-refractivity contribution in [2.24, 2.45) is 0 Å². The van der Waals surface area contributed by atoms with Gasteiger partial charge in [0.25, 0.3) is 10.0 Å². The van der Waals surface area contributed by atoms with E-state index in [1.165, 1.54) is 26.4 Å². The Morgan fingerprint density at radius 2 is 1.64 bits per heavy atom. The average molecular weight is 530 g/mol. The molecule has 1 fully saturated rings. The first-order valence-corrected chi connectivity index (χ1v) is 13.2. The molecule has 0 N–H and O–H groups in total. The van der Waals surface area contributed by atoms with E-state index < -0.39 is 10.0 Å². The van der Waals surface area contributed by atoms with Crippen LogP contribution < -0.4 is 18.7 Å². The molecule has 36 heavy (non-hydrogen) atoms. The number of carbonyl (C=O) groups excluding carboxylic acids is 1. The van der Waals surface area contributed by atoms with Crippen LogP contribution in [0.15, 0.2) is 77.7 Å². The minimum Gasteiger partial charge on any atom is -0.497 e. The lowest BCUT2D eigenvalue weighted by Gasteiger charge is -2.37. The second-order valence-corrected chi connectivity index (χ2v) is 10.5. The Kier molecular flexibility index (Phi) is 7.91. The monoisotopic (exact) mass is 529 g/mol. The van der Waals surface area contributed by atoms with Crippen molar-refractivity contribution in [3.8, 4) is 11.5 Å². The Bertz CT molecular complexity index is 1310. The van der Waals surface area contributed by atoms with E-state index in [4.69, 9.17) is 21.1 Å². The fourth-order valence-electron chi connectivity index (χ4n) is 4.12. The van der Waals surface area contributed by atoms with Gasteiger partial charge in [-0.15, -0.1) is 0 Å². The van der Waals surface area contributed by atoms with Gasteiger partial charge < -0.3 is 19.3 Å². The number of hydrogen-bond donors (Lipinski definition) is 0. The summed E-state index contributed by atoms with van der Waals surface area (Å²) in [6.07, 6.45) is 0. The predicted molar refractivity (Wildman–Crippen MR) is 141 cm³/mol. The molecule has 0 aliphatic carbocycles. The highest BCUT2D eigenvalue weighted by atomic mass is 35.5. The van der Waals surface area contributed by atoms with E-state index in [0.29, 0.717) is 37.0 Å². The Labute approximate surface area is 216 Å². The number of carbonyl (C=O) groups is 1. The van der Waals surface area contributed by atoms with Crippen LogP contribution in [-0.4, -0.2) is 66.2 Å². The van der Waals surface area contributed by atoms with Gasteiger partial charge in [0.15, 0.2) is 0 Å². The van der Waals surface area contributed by atoms with Crippen molar-refractivity contribution in [3.05, 3.63) is 77.8 Å². The van der Waals surface area contributed by atoms with Crippen LogP contribution in [-0.2, 0) is 14.8 Å². The van der Waals surface area contributed by atoms with Gasteiger partial charge in [0.05, 0.1) is 24.8 Å². The number of piperazine rings is 1. The Morgan fingerprint density at radius 3 is 2.28 bits per heavy atom. The van der Waals surface area contributed by atoms with Gasteiger partial charge in [-0.2, -0.15) is 0 Å². The van der Waals surface area contributed by atoms with Gasteiger partial charge in [-0.3, -0.25) is 9.10 Å². The van der Waals surface area contributed by atoms with Crippen LogP contribution in [0.1, 0.15) is 0 Å². The average Bonchev–Trinajstić information content (AvgIpc) is 2.91. The zero-order valence-corrected chi connectivity index (χ0v) is 21.7. The van der Waals surface area contributed by atoms with Gasteiger partial charge >= 0.3 is 0 Å². The molecule has 1 aliphatic heterocycles. The third-order valence-corrected chi connectivity index (χ3v) is 8.08. The molecule has 1 amide bonds. The smallest absolute Gasteiger partial charge is 0.264 e. The van der Waals surface area contributed by atoms with Crippen LogP contribution in [0.5, 0.6) is 11.5 Å². The van der Waals surface area contributed by atoms with Crippen molar-refractivity contribution in [3.63, 3.8) is 0 Å². The number of benzene rings is 3. The first-order valence-electron chi connectivity index (χ1n) is 11.4. The number of sulfonamides is 1. The predicted octanol–water partition coefficient (Wildman–Crippen LogP) is 3.90. The lowest BCUT2D eigenvalue weighted by molar-refractivity contribution is -0.129. The van der Waals surface area contributed by atoms with Gasteiger partial charge in [-0.05, 0) is 42.5 Å². The molecular formula is C26H28ClN3O5S. The van der Waals surface area contributed by atoms with Crippen LogP contribution in [0.4, 0.5) is 11.4 Å². The number of halogens is 1. The summed E-state index contributed by atoms with van der Waals surface area (Å²) in [4.78, 5) is 17.3. The highest BCUT2D eigenvalue weighted by molar-refractivity contribution is 7.92. The number of nitrogens with zero attached hydrogens (tertiary/aromatic N) is 3. The first kappa shape index (κ1) is 25.7. The molecule has 0 spiro atoms. The molecular weight excluding hydrogens is 502 g/mol. The number of hydrogen-bond acceptors (Lipinski definition) is 6. The molecule has 10 heteroatoms. The van der Waals surface area contributed by atoms with Gasteiger partial charge in [0.1, 0.15) is 18.0 Å². The van der Waals surface area contributed by atoms with Crippen LogP contribution >= 0.6 is 11.6 Å². The van der Waals surface area contributed by atoms with Crippen LogP contribution in [0.25, 0.3) is 0 Å². The van der Waals surface area contributed by atoms with Gasteiger partial charge in [-0.1, -0.05) is 35.9 Å². The number of amides is 1. The maximum Gasteiger partial charge on any atom is 0.264 e. The van der Waals surface area contributed by atoms with E-state index in [0.717, 1.165) is 9.99 Å². The molecule has 3 aromatic carbocycles. The van der Waals surface area contributed by atoms with Crippen molar-refractivity contribution in [2.45, 2.75) is 4.90 Å². The molecule has 0 unspecified atom stereocenters. The van der Waals surface area contributed by atoms with E-state index >= 15 is 0 Å². The molecule has 0 radical (unpaired) electrons. The quantitative estimate of drug-likeness (QED) is 0.440. The fraction of sp³-hybridized carbons (Fsp3) is 0.269. The fourth-order valence-corrected chi connectivity index (χ4v) is 5.75. The van der Waals surface area contributed by atoms with Crippen molar-refractivity contribution in [1.29, 1.82) is 0 Å². The zero-order chi connectivity index (χ0) is 25.7. The van der Waals surface area contributed by atoms with E-state index in [1.54, 1.807) is 41.3 Å². The Hall–Kier alpha value is -3.43. The minimum absolute atomic E-state index is 0.0847. The largest absolute Gasteiger partial charge is 0.497 e. The molecule has 4 rings (SSSR count). The molecule has 190 valence electrons. The summed E-state index contributed by atoms with van der Waals surface area (Å²) in [6.45, 7) is 1.79. The van der Waals surface area contributed by atoms with E-state index in [-0.39, 0.29) is 28.8 Å². The molecule has 1 aliphatic rings. The molecule has 3 aromatic rings. The summed E-state index contributed by atoms with van der Waals surface area (Å²) < 4.78 is 39.2. The number of ether oxygens (including phenoxy) is 2. The van der Waals surface area contributed by atoms with Gasteiger partial charge in [0, 0.05) is 43.0 Å². The van der Waals surface area contributed by atoms with Crippen LogP contribution in [0, 0.1) is 0 Å². The summed E-state index contributed by atoms with van der Waals surface area (Å²) in [5.41, 5.74) is 1.25. The highest BCUT2D eigenvalue weighted by Crippen LogP contribution is 2.35. The SMILES string of the molecule is COc1ccc(N(CC(=O)N2CCN(c3cccc(Cl)c3)CC2)S(=O)(=O)c2ccccc2)c(OC)c1. The van der Waals surface area contributed by atoms with Gasteiger partial charge in [-0.25, -0.2) is 8.42 Å². The standard InChI is InChI=1S/C26H28ClN3O5S/c1-34-22-11-12-24(25(18-22)35-2)30(36(32,33)23-9-4-3-5-10-23)19-26(31)29-15-13-28(14-16-29)21-8-6-7-20(27)17-21/h3-12,17-18H,13-16,19H2,1-2H3. The maximum absolute atomic E-state index is 13.7. The number of rotatable bonds is 8. The summed E-state index contributed by atoms with van der Waals surface area (Å²) in [6, 6.07) is 20.4. The van der Waals surface area contributed by atoms with Crippen molar-refractivity contribution in [1.82, 2.24) is 4.90 Å². The Balaban J connectivity index is 1.59. The summed E-state index contributed by atoms with van der Waals surface area (Å²) in [7, 11) is -1.10.